The molecular weight excluding hydrogens is 280 g/mol. The summed E-state index contributed by atoms with van der Waals surface area (Å²) in [5.74, 6) is 0. The van der Waals surface area contributed by atoms with E-state index >= 15 is 0 Å². The molecule has 0 amide bonds. The molecular formula is C10H21BrO5. The van der Waals surface area contributed by atoms with Crippen LogP contribution in [0.4, 0.5) is 0 Å². The van der Waals surface area contributed by atoms with Crippen molar-refractivity contribution in [3.05, 3.63) is 0 Å². The molecule has 0 aliphatic heterocycles. The highest BCUT2D eigenvalue weighted by molar-refractivity contribution is 9.09. The quantitative estimate of drug-likeness (QED) is 0.395. The van der Waals surface area contributed by atoms with Gasteiger partial charge in [0.15, 0.2) is 0 Å². The summed E-state index contributed by atoms with van der Waals surface area (Å²) in [4.78, 5) is 0. The van der Waals surface area contributed by atoms with E-state index in [0.717, 1.165) is 5.33 Å². The number of alkyl halides is 1. The van der Waals surface area contributed by atoms with Gasteiger partial charge in [-0.15, -0.1) is 0 Å². The average Bonchev–Trinajstić information content (AvgIpc) is 2.31. The molecule has 0 radical (unpaired) electrons. The van der Waals surface area contributed by atoms with Crippen LogP contribution in [-0.4, -0.2) is 69.9 Å². The molecule has 5 nitrogen and oxygen atoms in total. The summed E-state index contributed by atoms with van der Waals surface area (Å²) in [6.07, 6.45) is 0. The molecule has 0 aliphatic rings. The van der Waals surface area contributed by atoms with E-state index in [1.807, 2.05) is 0 Å². The predicted octanol–water partition coefficient (Wildman–Crippen LogP) is 0.440. The Labute approximate surface area is 105 Å². The number of hydrogen-bond donors (Lipinski definition) is 1. The van der Waals surface area contributed by atoms with Gasteiger partial charge in [-0.05, 0) is 0 Å². The molecule has 1 N–H and O–H groups in total. The van der Waals surface area contributed by atoms with Gasteiger partial charge in [0, 0.05) is 5.33 Å². The lowest BCUT2D eigenvalue weighted by molar-refractivity contribution is -0.00413. The first kappa shape index (κ1) is 16.3. The van der Waals surface area contributed by atoms with Crippen molar-refractivity contribution < 1.29 is 24.1 Å². The summed E-state index contributed by atoms with van der Waals surface area (Å²) in [7, 11) is 0. The molecule has 16 heavy (non-hydrogen) atoms. The van der Waals surface area contributed by atoms with Gasteiger partial charge >= 0.3 is 0 Å². The minimum absolute atomic E-state index is 0.0531. The third kappa shape index (κ3) is 14.3. The third-order valence-electron chi connectivity index (χ3n) is 1.57. The Morgan fingerprint density at radius 2 is 1.00 bits per heavy atom. The normalized spacial score (nSPS) is 10.9. The van der Waals surface area contributed by atoms with E-state index in [0.29, 0.717) is 52.9 Å². The lowest BCUT2D eigenvalue weighted by atomic mass is 10.7. The highest BCUT2D eigenvalue weighted by Gasteiger charge is 1.91. The molecule has 0 saturated carbocycles. The summed E-state index contributed by atoms with van der Waals surface area (Å²) >= 11 is 3.27. The maximum Gasteiger partial charge on any atom is 0.0701 e. The van der Waals surface area contributed by atoms with Crippen LogP contribution in [0.5, 0.6) is 0 Å². The van der Waals surface area contributed by atoms with Crippen LogP contribution in [0.25, 0.3) is 0 Å². The van der Waals surface area contributed by atoms with E-state index in [-0.39, 0.29) is 6.61 Å². The van der Waals surface area contributed by atoms with Crippen LogP contribution < -0.4 is 0 Å². The van der Waals surface area contributed by atoms with Crippen LogP contribution in [-0.2, 0) is 18.9 Å². The fourth-order valence-electron chi connectivity index (χ4n) is 0.881. The van der Waals surface area contributed by atoms with E-state index in [1.165, 1.54) is 0 Å². The molecule has 0 rings (SSSR count). The molecule has 0 bridgehead atoms. The Hall–Kier alpha value is 0.280. The third-order valence-corrected chi connectivity index (χ3v) is 1.90. The van der Waals surface area contributed by atoms with Crippen LogP contribution in [0, 0.1) is 0 Å². The second-order valence-electron chi connectivity index (χ2n) is 2.86. The Balaban J connectivity index is 2.83. The fourth-order valence-corrected chi connectivity index (χ4v) is 1.11. The zero-order valence-corrected chi connectivity index (χ0v) is 11.1. The van der Waals surface area contributed by atoms with E-state index in [9.17, 15) is 0 Å². The molecule has 0 atom stereocenters. The highest BCUT2D eigenvalue weighted by Crippen LogP contribution is 1.84. The van der Waals surface area contributed by atoms with Gasteiger partial charge in [-0.25, -0.2) is 0 Å². The fraction of sp³-hybridized carbons (Fsp3) is 1.00. The van der Waals surface area contributed by atoms with Gasteiger partial charge in [0.25, 0.3) is 0 Å². The van der Waals surface area contributed by atoms with Crippen molar-refractivity contribution in [1.29, 1.82) is 0 Å². The van der Waals surface area contributed by atoms with Crippen molar-refractivity contribution in [2.45, 2.75) is 0 Å². The molecule has 6 heteroatoms. The van der Waals surface area contributed by atoms with Crippen LogP contribution in [0.1, 0.15) is 0 Å². The van der Waals surface area contributed by atoms with Crippen molar-refractivity contribution in [2.24, 2.45) is 0 Å². The number of halogens is 1. The summed E-state index contributed by atoms with van der Waals surface area (Å²) in [6, 6.07) is 0. The number of aliphatic hydroxyl groups excluding tert-OH is 1. The van der Waals surface area contributed by atoms with E-state index in [1.54, 1.807) is 0 Å². The van der Waals surface area contributed by atoms with Crippen molar-refractivity contribution in [3.63, 3.8) is 0 Å². The largest absolute Gasteiger partial charge is 0.394 e. The monoisotopic (exact) mass is 300 g/mol. The second kappa shape index (κ2) is 15.3. The van der Waals surface area contributed by atoms with Crippen molar-refractivity contribution in [3.8, 4) is 0 Å². The first-order valence-corrected chi connectivity index (χ1v) is 6.51. The number of ether oxygens (including phenoxy) is 4. The molecule has 0 saturated heterocycles. The zero-order chi connectivity index (χ0) is 11.9. The standard InChI is InChI=1S/C10H21BrO5/c11-1-3-13-5-7-15-9-10-16-8-6-14-4-2-12/h12H,1-10H2. The second-order valence-corrected chi connectivity index (χ2v) is 3.66. The smallest absolute Gasteiger partial charge is 0.0701 e. The number of hydrogen-bond acceptors (Lipinski definition) is 5. The summed E-state index contributed by atoms with van der Waals surface area (Å²) < 4.78 is 20.7. The minimum atomic E-state index is 0.0531. The summed E-state index contributed by atoms with van der Waals surface area (Å²) in [6.45, 7) is 4.50. The Bertz CT molecular complexity index is 112. The van der Waals surface area contributed by atoms with E-state index < -0.39 is 0 Å². The Kier molecular flexibility index (Phi) is 15.5. The van der Waals surface area contributed by atoms with Gasteiger partial charge in [-0.2, -0.15) is 0 Å². The molecule has 98 valence electrons. The molecule has 0 fully saturated rings. The van der Waals surface area contributed by atoms with Crippen molar-refractivity contribution in [1.82, 2.24) is 0 Å². The molecule has 0 unspecified atom stereocenters. The molecule has 0 aliphatic carbocycles. The van der Waals surface area contributed by atoms with Gasteiger partial charge in [-0.3, -0.25) is 0 Å². The van der Waals surface area contributed by atoms with Gasteiger partial charge < -0.3 is 24.1 Å². The maximum absolute atomic E-state index is 8.43. The first-order chi connectivity index (χ1) is 7.91. The topological polar surface area (TPSA) is 57.2 Å². The van der Waals surface area contributed by atoms with Crippen LogP contribution in [0.2, 0.25) is 0 Å². The Morgan fingerprint density at radius 1 is 0.625 bits per heavy atom. The maximum atomic E-state index is 8.43. The zero-order valence-electron chi connectivity index (χ0n) is 9.53. The van der Waals surface area contributed by atoms with Gasteiger partial charge in [-0.1, -0.05) is 15.9 Å². The SMILES string of the molecule is OCCOCCOCCOCCOCCBr. The molecule has 0 aromatic carbocycles. The van der Waals surface area contributed by atoms with E-state index in [4.69, 9.17) is 24.1 Å². The average molecular weight is 301 g/mol. The van der Waals surface area contributed by atoms with E-state index in [2.05, 4.69) is 15.9 Å². The van der Waals surface area contributed by atoms with Crippen LogP contribution >= 0.6 is 15.9 Å². The van der Waals surface area contributed by atoms with Gasteiger partial charge in [0.1, 0.15) is 0 Å². The highest BCUT2D eigenvalue weighted by atomic mass is 79.9. The summed E-state index contributed by atoms with van der Waals surface area (Å²) in [5.41, 5.74) is 0. The molecule has 0 aromatic rings. The molecule has 0 aromatic heterocycles. The first-order valence-electron chi connectivity index (χ1n) is 5.39. The lowest BCUT2D eigenvalue weighted by Crippen LogP contribution is -2.12. The van der Waals surface area contributed by atoms with Crippen LogP contribution in [0.15, 0.2) is 0 Å². The minimum Gasteiger partial charge on any atom is -0.394 e. The van der Waals surface area contributed by atoms with Gasteiger partial charge in [0.2, 0.25) is 0 Å². The lowest BCUT2D eigenvalue weighted by Gasteiger charge is -2.06. The predicted molar refractivity (Wildman–Crippen MR) is 64.2 cm³/mol. The van der Waals surface area contributed by atoms with Crippen molar-refractivity contribution in [2.75, 3.05) is 64.8 Å². The summed E-state index contributed by atoms with van der Waals surface area (Å²) in [5, 5.41) is 9.28. The molecule has 0 heterocycles. The Morgan fingerprint density at radius 3 is 1.38 bits per heavy atom. The van der Waals surface area contributed by atoms with Crippen molar-refractivity contribution >= 4 is 15.9 Å². The van der Waals surface area contributed by atoms with Gasteiger partial charge in [0.05, 0.1) is 59.5 Å². The number of aliphatic hydroxyl groups is 1. The molecule has 0 spiro atoms. The van der Waals surface area contributed by atoms with Crippen LogP contribution in [0.3, 0.4) is 0 Å². The number of rotatable bonds is 13.